The average molecular weight is 276 g/mol. The summed E-state index contributed by atoms with van der Waals surface area (Å²) in [6, 6.07) is 8.15. The van der Waals surface area contributed by atoms with Crippen molar-refractivity contribution < 1.29 is 0 Å². The average Bonchev–Trinajstić information content (AvgIpc) is 2.45. The van der Waals surface area contributed by atoms with E-state index in [4.69, 9.17) is 11.6 Å². The molecule has 2 heterocycles. The molecule has 1 unspecified atom stereocenters. The zero-order valence-corrected chi connectivity index (χ0v) is 11.8. The summed E-state index contributed by atoms with van der Waals surface area (Å²) in [6.45, 7) is 3.13. The summed E-state index contributed by atoms with van der Waals surface area (Å²) in [6.07, 6.45) is 7.34. The monoisotopic (exact) mass is 275 g/mol. The van der Waals surface area contributed by atoms with Gasteiger partial charge in [-0.25, -0.2) is 0 Å². The third-order valence-corrected chi connectivity index (χ3v) is 3.16. The minimum Gasteiger partial charge on any atom is -0.308 e. The van der Waals surface area contributed by atoms with E-state index in [1.807, 2.05) is 36.7 Å². The van der Waals surface area contributed by atoms with Crippen molar-refractivity contribution in [3.63, 3.8) is 0 Å². The first-order chi connectivity index (χ1) is 9.29. The topological polar surface area (TPSA) is 37.8 Å². The lowest BCUT2D eigenvalue weighted by atomic mass is 10.0. The Balaban J connectivity index is 2.13. The summed E-state index contributed by atoms with van der Waals surface area (Å²) in [5.41, 5.74) is 2.27. The van der Waals surface area contributed by atoms with Crippen LogP contribution in [-0.4, -0.2) is 16.5 Å². The van der Waals surface area contributed by atoms with E-state index in [0.717, 1.165) is 25.1 Å². The lowest BCUT2D eigenvalue weighted by molar-refractivity contribution is 0.518. The molecular weight excluding hydrogens is 258 g/mol. The first-order valence-electron chi connectivity index (χ1n) is 6.53. The molecule has 4 heteroatoms. The van der Waals surface area contributed by atoms with E-state index in [0.29, 0.717) is 5.02 Å². The molecule has 0 spiro atoms. The summed E-state index contributed by atoms with van der Waals surface area (Å²) in [4.78, 5) is 8.46. The smallest absolute Gasteiger partial charge is 0.0589 e. The second-order valence-corrected chi connectivity index (χ2v) is 4.90. The molecule has 2 aromatic rings. The summed E-state index contributed by atoms with van der Waals surface area (Å²) in [7, 11) is 0. The van der Waals surface area contributed by atoms with Crippen LogP contribution in [0.2, 0.25) is 5.02 Å². The van der Waals surface area contributed by atoms with Gasteiger partial charge in [-0.15, -0.1) is 0 Å². The molecule has 19 heavy (non-hydrogen) atoms. The summed E-state index contributed by atoms with van der Waals surface area (Å²) in [5, 5.41) is 4.20. The van der Waals surface area contributed by atoms with E-state index < -0.39 is 0 Å². The summed E-state index contributed by atoms with van der Waals surface area (Å²) < 4.78 is 0. The lowest BCUT2D eigenvalue weighted by Gasteiger charge is -2.18. The van der Waals surface area contributed by atoms with Gasteiger partial charge in [-0.1, -0.05) is 18.5 Å². The molecule has 0 saturated heterocycles. The molecule has 0 aromatic carbocycles. The van der Waals surface area contributed by atoms with Gasteiger partial charge in [-0.3, -0.25) is 9.97 Å². The SMILES string of the molecule is CCCNC(Cc1ccncc1)c1ccc(Cl)cn1. The van der Waals surface area contributed by atoms with Crippen molar-refractivity contribution in [1.82, 2.24) is 15.3 Å². The van der Waals surface area contributed by atoms with Gasteiger partial charge in [0.1, 0.15) is 0 Å². The molecular formula is C15H18ClN3. The molecule has 0 aliphatic rings. The normalized spacial score (nSPS) is 12.3. The number of nitrogens with zero attached hydrogens (tertiary/aromatic N) is 2. The second kappa shape index (κ2) is 7.22. The van der Waals surface area contributed by atoms with Crippen LogP contribution in [-0.2, 0) is 6.42 Å². The van der Waals surface area contributed by atoms with Crippen LogP contribution in [0.1, 0.15) is 30.6 Å². The fourth-order valence-corrected chi connectivity index (χ4v) is 2.06. The molecule has 0 aliphatic carbocycles. The molecule has 0 aliphatic heterocycles. The predicted molar refractivity (Wildman–Crippen MR) is 78.2 cm³/mol. The number of nitrogens with one attached hydrogen (secondary N) is 1. The highest BCUT2D eigenvalue weighted by Crippen LogP contribution is 2.18. The van der Waals surface area contributed by atoms with Gasteiger partial charge in [-0.2, -0.15) is 0 Å². The Bertz CT molecular complexity index is 485. The van der Waals surface area contributed by atoms with Gasteiger partial charge in [0.05, 0.1) is 16.8 Å². The maximum Gasteiger partial charge on any atom is 0.0589 e. The number of pyridine rings is 2. The van der Waals surface area contributed by atoms with E-state index in [-0.39, 0.29) is 6.04 Å². The van der Waals surface area contributed by atoms with Gasteiger partial charge in [0.25, 0.3) is 0 Å². The zero-order valence-electron chi connectivity index (χ0n) is 11.0. The first kappa shape index (κ1) is 14.0. The Morgan fingerprint density at radius 2 is 2.00 bits per heavy atom. The van der Waals surface area contributed by atoms with E-state index in [1.54, 1.807) is 6.20 Å². The second-order valence-electron chi connectivity index (χ2n) is 4.47. The quantitative estimate of drug-likeness (QED) is 0.878. The third-order valence-electron chi connectivity index (χ3n) is 2.94. The zero-order chi connectivity index (χ0) is 13.5. The van der Waals surface area contributed by atoms with Crippen molar-refractivity contribution in [3.05, 3.63) is 59.1 Å². The largest absolute Gasteiger partial charge is 0.308 e. The number of rotatable bonds is 6. The third kappa shape index (κ3) is 4.30. The Hall–Kier alpha value is -1.45. The van der Waals surface area contributed by atoms with Crippen LogP contribution in [0.5, 0.6) is 0 Å². The molecule has 1 atom stereocenters. The van der Waals surface area contributed by atoms with Crippen molar-refractivity contribution in [1.29, 1.82) is 0 Å². The number of aromatic nitrogens is 2. The maximum atomic E-state index is 5.89. The van der Waals surface area contributed by atoms with Gasteiger partial charge in [0.15, 0.2) is 0 Å². The predicted octanol–water partition coefficient (Wildman–Crippen LogP) is 3.41. The molecule has 2 aromatic heterocycles. The van der Waals surface area contributed by atoms with Gasteiger partial charge in [-0.05, 0) is 49.2 Å². The van der Waals surface area contributed by atoms with Crippen molar-refractivity contribution in [3.8, 4) is 0 Å². The molecule has 0 saturated carbocycles. The van der Waals surface area contributed by atoms with Crippen LogP contribution in [0.25, 0.3) is 0 Å². The fraction of sp³-hybridized carbons (Fsp3) is 0.333. The lowest BCUT2D eigenvalue weighted by Crippen LogP contribution is -2.24. The van der Waals surface area contributed by atoms with E-state index >= 15 is 0 Å². The highest BCUT2D eigenvalue weighted by molar-refractivity contribution is 6.30. The van der Waals surface area contributed by atoms with Gasteiger partial charge in [0.2, 0.25) is 0 Å². The van der Waals surface area contributed by atoms with Crippen LogP contribution < -0.4 is 5.32 Å². The van der Waals surface area contributed by atoms with Crippen molar-refractivity contribution in [2.45, 2.75) is 25.8 Å². The van der Waals surface area contributed by atoms with Gasteiger partial charge >= 0.3 is 0 Å². The summed E-state index contributed by atoms with van der Waals surface area (Å²) in [5.74, 6) is 0. The highest BCUT2D eigenvalue weighted by atomic mass is 35.5. The first-order valence-corrected chi connectivity index (χ1v) is 6.91. The van der Waals surface area contributed by atoms with Gasteiger partial charge < -0.3 is 5.32 Å². The molecule has 0 radical (unpaired) electrons. The molecule has 0 bridgehead atoms. The molecule has 3 nitrogen and oxygen atoms in total. The van der Waals surface area contributed by atoms with Crippen molar-refractivity contribution >= 4 is 11.6 Å². The summed E-state index contributed by atoms with van der Waals surface area (Å²) >= 11 is 5.89. The van der Waals surface area contributed by atoms with Crippen molar-refractivity contribution in [2.75, 3.05) is 6.54 Å². The standard InChI is InChI=1S/C15H18ClN3/c1-2-7-18-15(10-12-5-8-17-9-6-12)14-4-3-13(16)11-19-14/h3-6,8-9,11,15,18H,2,7,10H2,1H3. The Morgan fingerprint density at radius 1 is 1.21 bits per heavy atom. The van der Waals surface area contributed by atoms with E-state index in [9.17, 15) is 0 Å². The van der Waals surface area contributed by atoms with Crippen LogP contribution in [0, 0.1) is 0 Å². The highest BCUT2D eigenvalue weighted by Gasteiger charge is 2.12. The van der Waals surface area contributed by atoms with E-state index in [1.165, 1.54) is 5.56 Å². The maximum absolute atomic E-state index is 5.89. The van der Waals surface area contributed by atoms with Gasteiger partial charge in [0, 0.05) is 18.6 Å². The van der Waals surface area contributed by atoms with Crippen LogP contribution in [0.3, 0.4) is 0 Å². The Morgan fingerprint density at radius 3 is 2.63 bits per heavy atom. The minimum atomic E-state index is 0.208. The Labute approximate surface area is 119 Å². The number of hydrogen-bond acceptors (Lipinski definition) is 3. The molecule has 0 fully saturated rings. The fourth-order valence-electron chi connectivity index (χ4n) is 1.95. The van der Waals surface area contributed by atoms with Crippen LogP contribution in [0.4, 0.5) is 0 Å². The van der Waals surface area contributed by atoms with E-state index in [2.05, 4.69) is 22.2 Å². The van der Waals surface area contributed by atoms with Crippen molar-refractivity contribution in [2.24, 2.45) is 0 Å². The number of halogens is 1. The molecule has 100 valence electrons. The number of hydrogen-bond donors (Lipinski definition) is 1. The Kier molecular flexibility index (Phi) is 5.31. The minimum absolute atomic E-state index is 0.208. The molecule has 2 rings (SSSR count). The van der Waals surface area contributed by atoms with Crippen LogP contribution in [0.15, 0.2) is 42.9 Å². The molecule has 1 N–H and O–H groups in total. The molecule has 0 amide bonds. The van der Waals surface area contributed by atoms with Crippen LogP contribution >= 0.6 is 11.6 Å².